The molecular weight excluding hydrogens is 280 g/mol. The van der Waals surface area contributed by atoms with Gasteiger partial charge in [-0.1, -0.05) is 12.1 Å². The number of H-pyrrole nitrogens is 1. The van der Waals surface area contributed by atoms with Crippen LogP contribution in [-0.2, 0) is 11.3 Å². The molecule has 0 bridgehead atoms. The summed E-state index contributed by atoms with van der Waals surface area (Å²) in [5.41, 5.74) is 9.20. The Morgan fingerprint density at radius 2 is 2.41 bits per heavy atom. The molecule has 1 fully saturated rings. The molecule has 0 aliphatic carbocycles. The maximum atomic E-state index is 12.6. The van der Waals surface area contributed by atoms with Gasteiger partial charge in [-0.3, -0.25) is 9.89 Å². The van der Waals surface area contributed by atoms with Gasteiger partial charge in [-0.15, -0.1) is 0 Å². The Balaban J connectivity index is 1.71. The van der Waals surface area contributed by atoms with E-state index >= 15 is 0 Å². The van der Waals surface area contributed by atoms with Gasteiger partial charge in [-0.25, -0.2) is 0 Å². The summed E-state index contributed by atoms with van der Waals surface area (Å²) in [6.07, 6.45) is 2.52. The van der Waals surface area contributed by atoms with Gasteiger partial charge < -0.3 is 15.4 Å². The summed E-state index contributed by atoms with van der Waals surface area (Å²) in [6.45, 7) is 1.91. The van der Waals surface area contributed by atoms with E-state index in [-0.39, 0.29) is 11.8 Å². The van der Waals surface area contributed by atoms with E-state index in [1.165, 1.54) is 0 Å². The first-order valence-corrected chi connectivity index (χ1v) is 7.35. The van der Waals surface area contributed by atoms with Gasteiger partial charge in [0.1, 0.15) is 0 Å². The van der Waals surface area contributed by atoms with Crippen LogP contribution in [-0.4, -0.2) is 41.2 Å². The Morgan fingerprint density at radius 3 is 3.14 bits per heavy atom. The molecule has 1 unspecified atom stereocenters. The van der Waals surface area contributed by atoms with Gasteiger partial charge in [0.25, 0.3) is 5.91 Å². The molecule has 6 nitrogen and oxygen atoms in total. The van der Waals surface area contributed by atoms with E-state index in [0.717, 1.165) is 24.2 Å². The quantitative estimate of drug-likeness (QED) is 0.901. The molecule has 2 heterocycles. The molecule has 116 valence electrons. The van der Waals surface area contributed by atoms with Crippen molar-refractivity contribution < 1.29 is 9.53 Å². The molecule has 1 aliphatic heterocycles. The lowest BCUT2D eigenvalue weighted by atomic mass is 10.0. The van der Waals surface area contributed by atoms with Crippen LogP contribution in [0.25, 0.3) is 0 Å². The number of amides is 1. The Labute approximate surface area is 129 Å². The smallest absolute Gasteiger partial charge is 0.253 e. The van der Waals surface area contributed by atoms with E-state index in [1.54, 1.807) is 13.3 Å². The van der Waals surface area contributed by atoms with Gasteiger partial charge in [0.2, 0.25) is 0 Å². The third-order valence-corrected chi connectivity index (χ3v) is 4.07. The van der Waals surface area contributed by atoms with E-state index in [0.29, 0.717) is 24.4 Å². The van der Waals surface area contributed by atoms with Crippen molar-refractivity contribution in [2.75, 3.05) is 25.9 Å². The number of benzene rings is 1. The number of methoxy groups -OCH3 is 1. The first kappa shape index (κ1) is 14.6. The number of carbonyl (C=O) groups is 1. The summed E-state index contributed by atoms with van der Waals surface area (Å²) >= 11 is 0. The van der Waals surface area contributed by atoms with Gasteiger partial charge in [-0.2, -0.15) is 5.10 Å². The average Bonchev–Trinajstić information content (AvgIpc) is 3.15. The molecule has 1 amide bonds. The Bertz CT molecular complexity index is 668. The van der Waals surface area contributed by atoms with Crippen LogP contribution in [0.4, 0.5) is 5.69 Å². The topological polar surface area (TPSA) is 84.2 Å². The number of nitrogens with two attached hydrogens (primary N) is 1. The molecule has 0 spiro atoms. The summed E-state index contributed by atoms with van der Waals surface area (Å²) in [5, 5.41) is 6.90. The minimum atomic E-state index is 0.0542. The van der Waals surface area contributed by atoms with E-state index in [1.807, 2.05) is 29.2 Å². The zero-order valence-electron chi connectivity index (χ0n) is 12.6. The van der Waals surface area contributed by atoms with Crippen molar-refractivity contribution in [3.8, 4) is 0 Å². The average molecular weight is 300 g/mol. The molecule has 3 rings (SSSR count). The molecule has 0 radical (unpaired) electrons. The Morgan fingerprint density at radius 1 is 1.55 bits per heavy atom. The highest BCUT2D eigenvalue weighted by Crippen LogP contribution is 2.29. The van der Waals surface area contributed by atoms with E-state index in [2.05, 4.69) is 10.2 Å². The van der Waals surface area contributed by atoms with Gasteiger partial charge in [0, 0.05) is 31.7 Å². The van der Waals surface area contributed by atoms with Crippen LogP contribution in [0.5, 0.6) is 0 Å². The number of hydrogen-bond donors (Lipinski definition) is 2. The zero-order chi connectivity index (χ0) is 15.5. The number of likely N-dealkylation sites (tertiary alicyclic amines) is 1. The SMILES string of the molecule is COCc1cccc(C(=O)N2CCC(c3[nH]ncc3N)C2)c1. The highest BCUT2D eigenvalue weighted by Gasteiger charge is 2.30. The van der Waals surface area contributed by atoms with Gasteiger partial charge in [0.05, 0.1) is 24.2 Å². The third kappa shape index (κ3) is 2.82. The molecule has 1 aromatic carbocycles. The molecule has 6 heteroatoms. The molecule has 3 N–H and O–H groups in total. The fourth-order valence-electron chi connectivity index (χ4n) is 2.96. The first-order chi connectivity index (χ1) is 10.7. The van der Waals surface area contributed by atoms with Crippen LogP contribution >= 0.6 is 0 Å². The number of hydrogen-bond acceptors (Lipinski definition) is 4. The lowest BCUT2D eigenvalue weighted by Crippen LogP contribution is -2.28. The maximum Gasteiger partial charge on any atom is 0.253 e. The second kappa shape index (κ2) is 6.19. The number of nitrogens with zero attached hydrogens (tertiary/aromatic N) is 2. The molecule has 22 heavy (non-hydrogen) atoms. The number of aromatic amines is 1. The number of anilines is 1. The zero-order valence-corrected chi connectivity index (χ0v) is 12.6. The van der Waals surface area contributed by atoms with Crippen molar-refractivity contribution >= 4 is 11.6 Å². The number of rotatable bonds is 4. The monoisotopic (exact) mass is 300 g/mol. The van der Waals surface area contributed by atoms with Crippen molar-refractivity contribution in [1.82, 2.24) is 15.1 Å². The predicted octanol–water partition coefficient (Wildman–Crippen LogP) is 1.77. The molecule has 1 atom stereocenters. The number of ether oxygens (including phenoxy) is 1. The standard InChI is InChI=1S/C16H20N4O2/c1-22-10-11-3-2-4-12(7-11)16(21)20-6-5-13(9-20)15-14(17)8-18-19-15/h2-4,7-8,13H,5-6,9-10,17H2,1H3,(H,18,19). The van der Waals surface area contributed by atoms with E-state index in [9.17, 15) is 4.79 Å². The van der Waals surface area contributed by atoms with Crippen LogP contribution in [0.1, 0.15) is 34.0 Å². The number of aromatic nitrogens is 2. The van der Waals surface area contributed by atoms with Crippen LogP contribution in [0.2, 0.25) is 0 Å². The normalized spacial score (nSPS) is 17.9. The fraction of sp³-hybridized carbons (Fsp3) is 0.375. The highest BCUT2D eigenvalue weighted by molar-refractivity contribution is 5.94. The summed E-state index contributed by atoms with van der Waals surface area (Å²) < 4.78 is 5.12. The predicted molar refractivity (Wildman–Crippen MR) is 83.4 cm³/mol. The Hall–Kier alpha value is -2.34. The summed E-state index contributed by atoms with van der Waals surface area (Å²) in [7, 11) is 1.65. The minimum absolute atomic E-state index is 0.0542. The lowest BCUT2D eigenvalue weighted by Gasteiger charge is -2.17. The fourth-order valence-corrected chi connectivity index (χ4v) is 2.96. The van der Waals surface area contributed by atoms with Gasteiger partial charge in [0.15, 0.2) is 0 Å². The van der Waals surface area contributed by atoms with Crippen molar-refractivity contribution in [3.05, 3.63) is 47.3 Å². The molecule has 1 aromatic heterocycles. The summed E-state index contributed by atoms with van der Waals surface area (Å²) in [5.74, 6) is 0.284. The first-order valence-electron chi connectivity index (χ1n) is 7.35. The van der Waals surface area contributed by atoms with Crippen molar-refractivity contribution in [2.24, 2.45) is 0 Å². The van der Waals surface area contributed by atoms with Crippen molar-refractivity contribution in [1.29, 1.82) is 0 Å². The van der Waals surface area contributed by atoms with Crippen molar-refractivity contribution in [2.45, 2.75) is 18.9 Å². The second-order valence-electron chi connectivity index (χ2n) is 5.61. The van der Waals surface area contributed by atoms with Crippen LogP contribution in [0.15, 0.2) is 30.5 Å². The van der Waals surface area contributed by atoms with E-state index < -0.39 is 0 Å². The van der Waals surface area contributed by atoms with Crippen molar-refractivity contribution in [3.63, 3.8) is 0 Å². The number of nitrogen functional groups attached to an aromatic ring is 1. The summed E-state index contributed by atoms with van der Waals surface area (Å²) in [6, 6.07) is 7.59. The third-order valence-electron chi connectivity index (χ3n) is 4.07. The highest BCUT2D eigenvalue weighted by atomic mass is 16.5. The number of nitrogens with one attached hydrogen (secondary N) is 1. The van der Waals surface area contributed by atoms with Crippen LogP contribution < -0.4 is 5.73 Å². The minimum Gasteiger partial charge on any atom is -0.396 e. The van der Waals surface area contributed by atoms with E-state index in [4.69, 9.17) is 10.5 Å². The number of carbonyl (C=O) groups excluding carboxylic acids is 1. The molecule has 0 saturated carbocycles. The second-order valence-corrected chi connectivity index (χ2v) is 5.61. The molecule has 1 saturated heterocycles. The largest absolute Gasteiger partial charge is 0.396 e. The summed E-state index contributed by atoms with van der Waals surface area (Å²) in [4.78, 5) is 14.5. The van der Waals surface area contributed by atoms with Gasteiger partial charge >= 0.3 is 0 Å². The molecular formula is C16H20N4O2. The van der Waals surface area contributed by atoms with Crippen LogP contribution in [0, 0.1) is 0 Å². The maximum absolute atomic E-state index is 12.6. The van der Waals surface area contributed by atoms with Gasteiger partial charge in [-0.05, 0) is 24.1 Å². The Kier molecular flexibility index (Phi) is 4.11. The molecule has 1 aliphatic rings. The molecule has 2 aromatic rings. The van der Waals surface area contributed by atoms with Crippen LogP contribution in [0.3, 0.4) is 0 Å². The lowest BCUT2D eigenvalue weighted by molar-refractivity contribution is 0.0790.